The molecule has 1 spiro atoms. The van der Waals surface area contributed by atoms with Gasteiger partial charge in [0, 0.05) is 10.2 Å². The highest BCUT2D eigenvalue weighted by atomic mass is 79.9. The van der Waals surface area contributed by atoms with E-state index in [2.05, 4.69) is 15.9 Å². The minimum atomic E-state index is 0.518. The molecule has 0 bridgehead atoms. The van der Waals surface area contributed by atoms with E-state index in [0.717, 1.165) is 4.83 Å². The first-order valence-electron chi connectivity index (χ1n) is 8.11. The van der Waals surface area contributed by atoms with Gasteiger partial charge in [0.2, 0.25) is 0 Å². The number of rotatable bonds is 2. The fourth-order valence-electron chi connectivity index (χ4n) is 4.35. The summed E-state index contributed by atoms with van der Waals surface area (Å²) in [6.07, 6.45) is 17.8. The van der Waals surface area contributed by atoms with Crippen LogP contribution in [0, 0.1) is 5.41 Å². The molecule has 2 heteroatoms. The molecule has 3 aliphatic carbocycles. The molecule has 0 saturated heterocycles. The normalized spacial score (nSPS) is 37.2. The second-order valence-electron chi connectivity index (χ2n) is 6.74. The molecule has 2 unspecified atom stereocenters. The lowest BCUT2D eigenvalue weighted by molar-refractivity contribution is -0.152. The molecule has 3 rings (SSSR count). The largest absolute Gasteiger partial charge is 0.374 e. The van der Waals surface area contributed by atoms with E-state index in [0.29, 0.717) is 17.6 Å². The van der Waals surface area contributed by atoms with Crippen molar-refractivity contribution >= 4 is 15.9 Å². The molecule has 1 nitrogen and oxygen atoms in total. The molecule has 3 saturated carbocycles. The van der Waals surface area contributed by atoms with Gasteiger partial charge in [-0.3, -0.25) is 0 Å². The topological polar surface area (TPSA) is 9.23 Å². The maximum Gasteiger partial charge on any atom is 0.0656 e. The first kappa shape index (κ1) is 13.4. The Hall–Kier alpha value is 0.440. The Morgan fingerprint density at radius 3 is 2.06 bits per heavy atom. The highest BCUT2D eigenvalue weighted by Crippen LogP contribution is 2.57. The van der Waals surface area contributed by atoms with Gasteiger partial charge in [-0.15, -0.1) is 0 Å². The Morgan fingerprint density at radius 2 is 1.44 bits per heavy atom. The molecule has 2 atom stereocenters. The van der Waals surface area contributed by atoms with E-state index >= 15 is 0 Å². The summed E-state index contributed by atoms with van der Waals surface area (Å²) < 4.78 is 6.54. The second kappa shape index (κ2) is 5.83. The third-order valence-electron chi connectivity index (χ3n) is 5.63. The van der Waals surface area contributed by atoms with Gasteiger partial charge in [0.1, 0.15) is 0 Å². The zero-order chi connectivity index (χ0) is 12.4. The van der Waals surface area contributed by atoms with Crippen LogP contribution in [0.4, 0.5) is 0 Å². The molecule has 3 fully saturated rings. The van der Waals surface area contributed by atoms with Crippen molar-refractivity contribution in [1.82, 2.24) is 0 Å². The van der Waals surface area contributed by atoms with E-state index in [1.54, 1.807) is 0 Å². The van der Waals surface area contributed by atoms with Crippen molar-refractivity contribution in [2.24, 2.45) is 5.41 Å². The molecule has 0 aromatic rings. The lowest BCUT2D eigenvalue weighted by Crippen LogP contribution is -2.57. The standard InChI is InChI=1S/C16H27BrO/c17-14-12-15(16(14)10-6-3-7-11-16)18-13-8-4-1-2-5-9-13/h13-15H,1-12H2. The number of hydrogen-bond acceptors (Lipinski definition) is 1. The SMILES string of the molecule is BrC1CC(OC2CCCCCC2)C12CCCCC2. The summed E-state index contributed by atoms with van der Waals surface area (Å²) in [5.41, 5.74) is 0.518. The van der Waals surface area contributed by atoms with E-state index in [-0.39, 0.29) is 0 Å². The zero-order valence-corrected chi connectivity index (χ0v) is 13.1. The van der Waals surface area contributed by atoms with Crippen molar-refractivity contribution in [3.63, 3.8) is 0 Å². The molecule has 104 valence electrons. The number of halogens is 1. The number of ether oxygens (including phenoxy) is 1. The van der Waals surface area contributed by atoms with Gasteiger partial charge < -0.3 is 4.74 Å². The summed E-state index contributed by atoms with van der Waals surface area (Å²) in [4.78, 5) is 0.737. The minimum Gasteiger partial charge on any atom is -0.374 e. The highest BCUT2D eigenvalue weighted by molar-refractivity contribution is 9.09. The van der Waals surface area contributed by atoms with Gasteiger partial charge in [-0.2, -0.15) is 0 Å². The predicted octanol–water partition coefficient (Wildman–Crippen LogP) is 5.21. The lowest BCUT2D eigenvalue weighted by atomic mass is 9.58. The van der Waals surface area contributed by atoms with E-state index in [9.17, 15) is 0 Å². The van der Waals surface area contributed by atoms with Crippen LogP contribution in [0.1, 0.15) is 77.0 Å². The van der Waals surface area contributed by atoms with E-state index in [4.69, 9.17) is 4.74 Å². The van der Waals surface area contributed by atoms with Crippen molar-refractivity contribution < 1.29 is 4.74 Å². The average Bonchev–Trinajstić information content (AvgIpc) is 2.68. The summed E-state index contributed by atoms with van der Waals surface area (Å²) in [5, 5.41) is 0. The number of hydrogen-bond donors (Lipinski definition) is 0. The molecule has 0 aliphatic heterocycles. The highest BCUT2D eigenvalue weighted by Gasteiger charge is 2.55. The van der Waals surface area contributed by atoms with Gasteiger partial charge in [-0.25, -0.2) is 0 Å². The average molecular weight is 315 g/mol. The summed E-state index contributed by atoms with van der Waals surface area (Å²) in [7, 11) is 0. The molecule has 3 aliphatic rings. The quantitative estimate of drug-likeness (QED) is 0.502. The van der Waals surface area contributed by atoms with Gasteiger partial charge >= 0.3 is 0 Å². The van der Waals surface area contributed by atoms with Gasteiger partial charge in [-0.1, -0.05) is 60.9 Å². The van der Waals surface area contributed by atoms with Gasteiger partial charge in [0.05, 0.1) is 12.2 Å². The van der Waals surface area contributed by atoms with Crippen LogP contribution in [-0.2, 0) is 4.74 Å². The third-order valence-corrected chi connectivity index (χ3v) is 6.92. The van der Waals surface area contributed by atoms with Crippen LogP contribution >= 0.6 is 15.9 Å². The fourth-order valence-corrected chi connectivity index (χ4v) is 5.44. The Bertz CT molecular complexity index is 264. The number of alkyl halides is 1. The summed E-state index contributed by atoms with van der Waals surface area (Å²) >= 11 is 3.92. The maximum atomic E-state index is 6.54. The van der Waals surface area contributed by atoms with Crippen LogP contribution in [0.2, 0.25) is 0 Å². The summed E-state index contributed by atoms with van der Waals surface area (Å²) in [6.45, 7) is 0. The second-order valence-corrected chi connectivity index (χ2v) is 7.84. The Labute approximate surface area is 120 Å². The lowest BCUT2D eigenvalue weighted by Gasteiger charge is -2.56. The van der Waals surface area contributed by atoms with Crippen LogP contribution in [0.15, 0.2) is 0 Å². The molecule has 0 heterocycles. The Balaban J connectivity index is 1.58. The molecular formula is C16H27BrO. The fraction of sp³-hybridized carbons (Fsp3) is 1.00. The van der Waals surface area contributed by atoms with Crippen molar-refractivity contribution in [3.8, 4) is 0 Å². The first-order valence-corrected chi connectivity index (χ1v) is 9.02. The van der Waals surface area contributed by atoms with Crippen LogP contribution < -0.4 is 0 Å². The van der Waals surface area contributed by atoms with E-state index in [1.165, 1.54) is 77.0 Å². The van der Waals surface area contributed by atoms with E-state index < -0.39 is 0 Å². The third kappa shape index (κ3) is 2.52. The van der Waals surface area contributed by atoms with Crippen LogP contribution in [-0.4, -0.2) is 17.0 Å². The zero-order valence-electron chi connectivity index (χ0n) is 11.5. The molecular weight excluding hydrogens is 288 g/mol. The molecule has 0 radical (unpaired) electrons. The maximum absolute atomic E-state index is 6.54. The van der Waals surface area contributed by atoms with Gasteiger partial charge in [-0.05, 0) is 32.1 Å². The summed E-state index contributed by atoms with van der Waals surface area (Å²) in [5.74, 6) is 0. The van der Waals surface area contributed by atoms with Crippen LogP contribution in [0.25, 0.3) is 0 Å². The van der Waals surface area contributed by atoms with Crippen LogP contribution in [0.3, 0.4) is 0 Å². The van der Waals surface area contributed by atoms with Crippen molar-refractivity contribution in [2.75, 3.05) is 0 Å². The Kier molecular flexibility index (Phi) is 4.35. The Morgan fingerprint density at radius 1 is 0.833 bits per heavy atom. The van der Waals surface area contributed by atoms with E-state index in [1.807, 2.05) is 0 Å². The first-order chi connectivity index (χ1) is 8.81. The summed E-state index contributed by atoms with van der Waals surface area (Å²) in [6, 6.07) is 0. The van der Waals surface area contributed by atoms with Gasteiger partial charge in [0.25, 0.3) is 0 Å². The minimum absolute atomic E-state index is 0.518. The monoisotopic (exact) mass is 314 g/mol. The van der Waals surface area contributed by atoms with Gasteiger partial charge in [0.15, 0.2) is 0 Å². The molecule has 0 amide bonds. The van der Waals surface area contributed by atoms with Crippen LogP contribution in [0.5, 0.6) is 0 Å². The smallest absolute Gasteiger partial charge is 0.0656 e. The predicted molar refractivity (Wildman–Crippen MR) is 79.2 cm³/mol. The molecule has 0 aromatic heterocycles. The van der Waals surface area contributed by atoms with Crippen molar-refractivity contribution in [3.05, 3.63) is 0 Å². The van der Waals surface area contributed by atoms with Crippen molar-refractivity contribution in [2.45, 2.75) is 94.1 Å². The molecule has 0 aromatic carbocycles. The molecule has 18 heavy (non-hydrogen) atoms. The van der Waals surface area contributed by atoms with Crippen molar-refractivity contribution in [1.29, 1.82) is 0 Å². The molecule has 0 N–H and O–H groups in total.